The van der Waals surface area contributed by atoms with Crippen LogP contribution in [0.15, 0.2) is 24.7 Å². The molecule has 3 nitrogen and oxygen atoms in total. The van der Waals surface area contributed by atoms with Gasteiger partial charge in [-0.25, -0.2) is 4.98 Å². The SMILES string of the molecule is FC(F)(F)c1cnc(Cl)cc1-c1cnn(C2CC2)c1. The van der Waals surface area contributed by atoms with Gasteiger partial charge in [0.2, 0.25) is 0 Å². The van der Waals surface area contributed by atoms with Gasteiger partial charge in [-0.15, -0.1) is 0 Å². The van der Waals surface area contributed by atoms with E-state index in [-0.39, 0.29) is 10.7 Å². The lowest BCUT2D eigenvalue weighted by atomic mass is 10.1. The lowest BCUT2D eigenvalue weighted by Crippen LogP contribution is -2.07. The molecule has 19 heavy (non-hydrogen) atoms. The smallest absolute Gasteiger partial charge is 0.269 e. The summed E-state index contributed by atoms with van der Waals surface area (Å²) in [7, 11) is 0. The third kappa shape index (κ3) is 2.45. The average molecular weight is 288 g/mol. The molecule has 2 aromatic rings. The highest BCUT2D eigenvalue weighted by molar-refractivity contribution is 6.29. The highest BCUT2D eigenvalue weighted by atomic mass is 35.5. The van der Waals surface area contributed by atoms with Crippen LogP contribution in [-0.2, 0) is 6.18 Å². The molecule has 1 saturated carbocycles. The number of hydrogen-bond acceptors (Lipinski definition) is 2. The van der Waals surface area contributed by atoms with Crippen LogP contribution >= 0.6 is 11.6 Å². The molecular formula is C12H9ClF3N3. The van der Waals surface area contributed by atoms with E-state index in [9.17, 15) is 13.2 Å². The van der Waals surface area contributed by atoms with E-state index < -0.39 is 11.7 Å². The molecule has 0 spiro atoms. The first-order valence-corrected chi connectivity index (χ1v) is 6.10. The number of hydrogen-bond donors (Lipinski definition) is 0. The summed E-state index contributed by atoms with van der Waals surface area (Å²) >= 11 is 5.69. The van der Waals surface area contributed by atoms with E-state index in [0.717, 1.165) is 19.0 Å². The molecule has 0 amide bonds. The number of halogens is 4. The predicted molar refractivity (Wildman–Crippen MR) is 63.7 cm³/mol. The number of nitrogens with zero attached hydrogens (tertiary/aromatic N) is 3. The third-order valence-electron chi connectivity index (χ3n) is 3.01. The Morgan fingerprint density at radius 2 is 2.00 bits per heavy atom. The molecule has 0 unspecified atom stereocenters. The monoisotopic (exact) mass is 287 g/mol. The maximum absolute atomic E-state index is 12.9. The zero-order chi connectivity index (χ0) is 13.6. The molecule has 0 N–H and O–H groups in total. The van der Waals surface area contributed by atoms with Crippen molar-refractivity contribution in [3.63, 3.8) is 0 Å². The molecule has 1 fully saturated rings. The van der Waals surface area contributed by atoms with Gasteiger partial charge in [-0.3, -0.25) is 4.68 Å². The zero-order valence-corrected chi connectivity index (χ0v) is 10.4. The summed E-state index contributed by atoms with van der Waals surface area (Å²) in [6.07, 6.45) is 1.38. The normalized spacial score (nSPS) is 15.8. The Hall–Kier alpha value is -1.56. The van der Waals surface area contributed by atoms with E-state index in [4.69, 9.17) is 11.6 Å². The maximum Gasteiger partial charge on any atom is 0.418 e. The Morgan fingerprint density at radius 1 is 1.26 bits per heavy atom. The number of rotatable bonds is 2. The summed E-state index contributed by atoms with van der Waals surface area (Å²) in [5.74, 6) is 0. The first kappa shape index (κ1) is 12.5. The van der Waals surface area contributed by atoms with Gasteiger partial charge in [-0.05, 0) is 18.9 Å². The second-order valence-corrected chi connectivity index (χ2v) is 4.88. The van der Waals surface area contributed by atoms with Gasteiger partial charge in [-0.1, -0.05) is 11.6 Å². The molecule has 0 aliphatic heterocycles. The molecule has 100 valence electrons. The van der Waals surface area contributed by atoms with Crippen molar-refractivity contribution in [1.29, 1.82) is 0 Å². The summed E-state index contributed by atoms with van der Waals surface area (Å²) in [6.45, 7) is 0. The maximum atomic E-state index is 12.9. The van der Waals surface area contributed by atoms with Crippen molar-refractivity contribution < 1.29 is 13.2 Å². The lowest BCUT2D eigenvalue weighted by Gasteiger charge is -2.11. The minimum Gasteiger partial charge on any atom is -0.269 e. The van der Waals surface area contributed by atoms with E-state index in [1.807, 2.05) is 0 Å². The van der Waals surface area contributed by atoms with Crippen molar-refractivity contribution in [3.05, 3.63) is 35.4 Å². The lowest BCUT2D eigenvalue weighted by molar-refractivity contribution is -0.137. The fraction of sp³-hybridized carbons (Fsp3) is 0.333. The molecule has 0 bridgehead atoms. The van der Waals surface area contributed by atoms with Gasteiger partial charge in [0.15, 0.2) is 0 Å². The molecule has 3 rings (SSSR count). The fourth-order valence-electron chi connectivity index (χ4n) is 1.91. The molecule has 0 atom stereocenters. The molecule has 2 heterocycles. The predicted octanol–water partition coefficient (Wildman–Crippen LogP) is 3.95. The average Bonchev–Trinajstić information content (AvgIpc) is 3.05. The van der Waals surface area contributed by atoms with E-state index in [0.29, 0.717) is 11.6 Å². The van der Waals surface area contributed by atoms with Gasteiger partial charge in [0, 0.05) is 23.5 Å². The number of pyridine rings is 1. The van der Waals surface area contributed by atoms with Gasteiger partial charge >= 0.3 is 6.18 Å². The summed E-state index contributed by atoms with van der Waals surface area (Å²) in [5, 5.41) is 4.12. The van der Waals surface area contributed by atoms with Crippen molar-refractivity contribution in [2.24, 2.45) is 0 Å². The van der Waals surface area contributed by atoms with Crippen LogP contribution < -0.4 is 0 Å². The molecule has 1 aliphatic rings. The molecule has 0 aromatic carbocycles. The van der Waals surface area contributed by atoms with Gasteiger partial charge in [0.1, 0.15) is 5.15 Å². The van der Waals surface area contributed by atoms with Crippen LogP contribution in [0.2, 0.25) is 5.15 Å². The summed E-state index contributed by atoms with van der Waals surface area (Å²) in [6, 6.07) is 1.54. The standard InChI is InChI=1S/C12H9ClF3N3/c13-11-3-9(10(5-17-11)12(14,15)16)7-4-18-19(6-7)8-1-2-8/h3-6,8H,1-2H2. The van der Waals surface area contributed by atoms with Crippen LogP contribution in [0.5, 0.6) is 0 Å². The largest absolute Gasteiger partial charge is 0.418 e. The minimum absolute atomic E-state index is 0.0133. The Balaban J connectivity index is 2.08. The minimum atomic E-state index is -4.46. The Morgan fingerprint density at radius 3 is 2.63 bits per heavy atom. The van der Waals surface area contributed by atoms with Gasteiger partial charge in [0.05, 0.1) is 17.8 Å². The van der Waals surface area contributed by atoms with Crippen molar-refractivity contribution in [3.8, 4) is 11.1 Å². The van der Waals surface area contributed by atoms with Crippen LogP contribution in [0.1, 0.15) is 24.4 Å². The summed E-state index contributed by atoms with van der Waals surface area (Å²) in [5.41, 5.74) is -0.379. The van der Waals surface area contributed by atoms with Crippen LogP contribution in [0.3, 0.4) is 0 Å². The summed E-state index contributed by atoms with van der Waals surface area (Å²) < 4.78 is 40.5. The van der Waals surface area contributed by atoms with Gasteiger partial charge in [0.25, 0.3) is 0 Å². The van der Waals surface area contributed by atoms with Crippen LogP contribution in [0.25, 0.3) is 11.1 Å². The van der Waals surface area contributed by atoms with Crippen molar-refractivity contribution >= 4 is 11.6 Å². The summed E-state index contributed by atoms with van der Waals surface area (Å²) in [4.78, 5) is 3.50. The first-order chi connectivity index (χ1) is 8.95. The van der Waals surface area contributed by atoms with Crippen molar-refractivity contribution in [2.45, 2.75) is 25.1 Å². The van der Waals surface area contributed by atoms with Crippen LogP contribution in [0.4, 0.5) is 13.2 Å². The van der Waals surface area contributed by atoms with E-state index in [1.54, 1.807) is 10.9 Å². The molecule has 2 aromatic heterocycles. The molecular weight excluding hydrogens is 279 g/mol. The fourth-order valence-corrected chi connectivity index (χ4v) is 2.07. The molecule has 1 aliphatic carbocycles. The van der Waals surface area contributed by atoms with Gasteiger partial charge < -0.3 is 0 Å². The quantitative estimate of drug-likeness (QED) is 0.783. The van der Waals surface area contributed by atoms with E-state index in [1.165, 1.54) is 12.3 Å². The second-order valence-electron chi connectivity index (χ2n) is 4.49. The highest BCUT2D eigenvalue weighted by Gasteiger charge is 2.35. The molecule has 7 heteroatoms. The highest BCUT2D eigenvalue weighted by Crippen LogP contribution is 2.39. The Labute approximate surface area is 112 Å². The zero-order valence-electron chi connectivity index (χ0n) is 9.65. The van der Waals surface area contributed by atoms with Crippen molar-refractivity contribution in [2.75, 3.05) is 0 Å². The van der Waals surface area contributed by atoms with E-state index >= 15 is 0 Å². The molecule has 0 saturated heterocycles. The van der Waals surface area contributed by atoms with Gasteiger partial charge in [-0.2, -0.15) is 18.3 Å². The van der Waals surface area contributed by atoms with Crippen LogP contribution in [-0.4, -0.2) is 14.8 Å². The second kappa shape index (κ2) is 4.23. The number of aromatic nitrogens is 3. The molecule has 0 radical (unpaired) electrons. The topological polar surface area (TPSA) is 30.7 Å². The first-order valence-electron chi connectivity index (χ1n) is 5.72. The Kier molecular flexibility index (Phi) is 2.78. The Bertz CT molecular complexity index is 617. The van der Waals surface area contributed by atoms with Crippen LogP contribution in [0, 0.1) is 0 Å². The van der Waals surface area contributed by atoms with E-state index in [2.05, 4.69) is 10.1 Å². The third-order valence-corrected chi connectivity index (χ3v) is 3.22. The van der Waals surface area contributed by atoms with Crippen molar-refractivity contribution in [1.82, 2.24) is 14.8 Å². The number of alkyl halides is 3.